The molecule has 2 aliphatic carbocycles. The number of hydrogen-bond donors (Lipinski definition) is 2. The molecule has 5 unspecified atom stereocenters. The largest absolute Gasteiger partial charge is 0.385 e. The van der Waals surface area contributed by atoms with E-state index in [0.29, 0.717) is 23.4 Å². The highest BCUT2D eigenvalue weighted by Crippen LogP contribution is 2.48. The van der Waals surface area contributed by atoms with Crippen LogP contribution in [-0.2, 0) is 0 Å². The van der Waals surface area contributed by atoms with Crippen LogP contribution in [0, 0.1) is 23.6 Å². The molecule has 1 aromatic carbocycles. The van der Waals surface area contributed by atoms with E-state index in [0.717, 1.165) is 38.9 Å². The maximum Gasteiger partial charge on any atom is 0.191 e. The normalized spacial score (nSPS) is 34.5. The first-order valence-corrected chi connectivity index (χ1v) is 9.66. The number of carbonyl (C=O) groups excluding carboxylic acids is 1. The van der Waals surface area contributed by atoms with Crippen LogP contribution in [0.25, 0.3) is 0 Å². The van der Waals surface area contributed by atoms with Crippen LogP contribution in [0.5, 0.6) is 0 Å². The van der Waals surface area contributed by atoms with E-state index in [9.17, 15) is 14.3 Å². The number of Topliss-reactive ketones (excluding diaryl/α,β-unsaturated/α-hetero) is 1. The Balaban J connectivity index is 1.37. The highest BCUT2D eigenvalue weighted by molar-refractivity contribution is 5.99. The molecule has 0 amide bonds. The molecule has 0 aromatic heterocycles. The summed E-state index contributed by atoms with van der Waals surface area (Å²) in [4.78, 5) is 15.1. The van der Waals surface area contributed by atoms with E-state index in [2.05, 4.69) is 16.8 Å². The molecule has 1 saturated heterocycles. The van der Waals surface area contributed by atoms with Gasteiger partial charge in [-0.25, -0.2) is 4.39 Å². The van der Waals surface area contributed by atoms with Crippen LogP contribution in [0.2, 0.25) is 0 Å². The fourth-order valence-electron chi connectivity index (χ4n) is 5.12. The standard InChI is InChI=1S/C21H27FN2O2/c1-2-10-23-19-16-11-24(12-17(16)19)18-5-3-4-15(18)21(26)20(25)13-6-8-14(22)9-7-13/h2,6-9,15-19,21,23,26H,1,3-5,10-12H2. The molecular weight excluding hydrogens is 331 g/mol. The summed E-state index contributed by atoms with van der Waals surface area (Å²) >= 11 is 0. The van der Waals surface area contributed by atoms with Crippen molar-refractivity contribution in [2.75, 3.05) is 19.6 Å². The van der Waals surface area contributed by atoms with Crippen molar-refractivity contribution < 1.29 is 14.3 Å². The van der Waals surface area contributed by atoms with Crippen molar-refractivity contribution in [3.63, 3.8) is 0 Å². The zero-order valence-corrected chi connectivity index (χ0v) is 15.0. The first-order valence-electron chi connectivity index (χ1n) is 9.66. The summed E-state index contributed by atoms with van der Waals surface area (Å²) in [5.74, 6) is 0.717. The van der Waals surface area contributed by atoms with Crippen LogP contribution in [0.15, 0.2) is 36.9 Å². The predicted octanol–water partition coefficient (Wildman–Crippen LogP) is 2.24. The lowest BCUT2D eigenvalue weighted by Gasteiger charge is -2.33. The molecule has 3 fully saturated rings. The van der Waals surface area contributed by atoms with E-state index >= 15 is 0 Å². The van der Waals surface area contributed by atoms with Crippen molar-refractivity contribution in [2.45, 2.75) is 37.5 Å². The molecule has 140 valence electrons. The average Bonchev–Trinajstić information content (AvgIpc) is 3.03. The van der Waals surface area contributed by atoms with E-state index in [-0.39, 0.29) is 23.6 Å². The van der Waals surface area contributed by atoms with Gasteiger partial charge >= 0.3 is 0 Å². The number of nitrogens with one attached hydrogen (secondary N) is 1. The van der Waals surface area contributed by atoms with Gasteiger partial charge in [0.25, 0.3) is 0 Å². The lowest BCUT2D eigenvalue weighted by Crippen LogP contribution is -2.45. The molecule has 2 N–H and O–H groups in total. The van der Waals surface area contributed by atoms with Crippen LogP contribution in [-0.4, -0.2) is 53.6 Å². The number of aliphatic hydroxyl groups is 1. The molecule has 1 aromatic rings. The number of nitrogens with zero attached hydrogens (tertiary/aromatic N) is 1. The highest BCUT2D eigenvalue weighted by Gasteiger charge is 2.57. The molecular formula is C21H27FN2O2. The smallest absolute Gasteiger partial charge is 0.191 e. The van der Waals surface area contributed by atoms with Crippen LogP contribution in [0.1, 0.15) is 29.6 Å². The molecule has 0 bridgehead atoms. The second kappa shape index (κ2) is 7.22. The summed E-state index contributed by atoms with van der Waals surface area (Å²) in [6, 6.07) is 6.36. The minimum absolute atomic E-state index is 0.0235. The summed E-state index contributed by atoms with van der Waals surface area (Å²) in [7, 11) is 0. The van der Waals surface area contributed by atoms with Crippen molar-refractivity contribution in [1.29, 1.82) is 0 Å². The second-order valence-electron chi connectivity index (χ2n) is 7.98. The van der Waals surface area contributed by atoms with Crippen LogP contribution < -0.4 is 5.32 Å². The Morgan fingerprint density at radius 3 is 2.65 bits per heavy atom. The second-order valence-corrected chi connectivity index (χ2v) is 7.98. The van der Waals surface area contributed by atoms with Gasteiger partial charge in [-0.15, -0.1) is 6.58 Å². The van der Waals surface area contributed by atoms with E-state index in [1.54, 1.807) is 0 Å². The van der Waals surface area contributed by atoms with Crippen LogP contribution >= 0.6 is 0 Å². The minimum atomic E-state index is -1.00. The van der Waals surface area contributed by atoms with Gasteiger partial charge in [-0.05, 0) is 48.9 Å². The van der Waals surface area contributed by atoms with Crippen molar-refractivity contribution in [3.8, 4) is 0 Å². The number of benzene rings is 1. The maximum atomic E-state index is 13.1. The number of piperidine rings is 1. The van der Waals surface area contributed by atoms with Gasteiger partial charge in [-0.3, -0.25) is 9.69 Å². The zero-order valence-electron chi connectivity index (χ0n) is 15.0. The number of rotatable bonds is 7. The van der Waals surface area contributed by atoms with E-state index in [1.807, 2.05) is 6.08 Å². The molecule has 4 rings (SSSR count). The van der Waals surface area contributed by atoms with Crippen molar-refractivity contribution >= 4 is 5.78 Å². The Hall–Kier alpha value is -1.56. The van der Waals surface area contributed by atoms with E-state index in [1.165, 1.54) is 24.3 Å². The van der Waals surface area contributed by atoms with Crippen LogP contribution in [0.3, 0.4) is 0 Å². The fourth-order valence-corrected chi connectivity index (χ4v) is 5.12. The Kier molecular flexibility index (Phi) is 4.95. The average molecular weight is 358 g/mol. The van der Waals surface area contributed by atoms with Crippen molar-refractivity contribution in [1.82, 2.24) is 10.2 Å². The molecule has 26 heavy (non-hydrogen) atoms. The number of carbonyl (C=O) groups is 1. The summed E-state index contributed by atoms with van der Waals surface area (Å²) in [5, 5.41) is 14.2. The molecule has 1 aliphatic heterocycles. The predicted molar refractivity (Wildman–Crippen MR) is 98.4 cm³/mol. The SMILES string of the molecule is C=CCNC1C2CN(C3CCCC3C(O)C(=O)c3ccc(F)cc3)CC21. The minimum Gasteiger partial charge on any atom is -0.385 e. The number of hydrogen-bond acceptors (Lipinski definition) is 4. The van der Waals surface area contributed by atoms with Gasteiger partial charge in [0.05, 0.1) is 0 Å². The van der Waals surface area contributed by atoms with Gasteiger partial charge in [-0.1, -0.05) is 12.5 Å². The molecule has 0 radical (unpaired) electrons. The summed E-state index contributed by atoms with van der Waals surface area (Å²) in [6.45, 7) is 6.72. The molecule has 1 heterocycles. The van der Waals surface area contributed by atoms with Crippen molar-refractivity contribution in [3.05, 3.63) is 48.3 Å². The van der Waals surface area contributed by atoms with Gasteiger partial charge in [0, 0.05) is 43.2 Å². The highest BCUT2D eigenvalue weighted by atomic mass is 19.1. The number of aliphatic hydroxyl groups excluding tert-OH is 1. The molecule has 5 atom stereocenters. The van der Waals surface area contributed by atoms with Gasteiger partial charge < -0.3 is 10.4 Å². The lowest BCUT2D eigenvalue weighted by molar-refractivity contribution is 0.0425. The Labute approximate surface area is 154 Å². The number of likely N-dealkylation sites (tertiary alicyclic amines) is 1. The fraction of sp³-hybridized carbons (Fsp3) is 0.571. The van der Waals surface area contributed by atoms with Gasteiger partial charge in [0.15, 0.2) is 5.78 Å². The Morgan fingerprint density at radius 2 is 2.00 bits per heavy atom. The Bertz CT molecular complexity index is 665. The Morgan fingerprint density at radius 1 is 1.31 bits per heavy atom. The van der Waals surface area contributed by atoms with Gasteiger partial charge in [-0.2, -0.15) is 0 Å². The summed E-state index contributed by atoms with van der Waals surface area (Å²) in [6.07, 6.45) is 3.87. The van der Waals surface area contributed by atoms with E-state index < -0.39 is 6.10 Å². The summed E-state index contributed by atoms with van der Waals surface area (Å²) in [5.41, 5.74) is 0.391. The number of ketones is 1. The number of halogens is 1. The first-order chi connectivity index (χ1) is 12.6. The molecule has 4 nitrogen and oxygen atoms in total. The third kappa shape index (κ3) is 3.24. The molecule has 2 saturated carbocycles. The summed E-state index contributed by atoms with van der Waals surface area (Å²) < 4.78 is 13.1. The first kappa shape index (κ1) is 17.8. The topological polar surface area (TPSA) is 52.6 Å². The quantitative estimate of drug-likeness (QED) is 0.580. The van der Waals surface area contributed by atoms with Gasteiger partial charge in [0.2, 0.25) is 0 Å². The van der Waals surface area contributed by atoms with Crippen LogP contribution in [0.4, 0.5) is 4.39 Å². The van der Waals surface area contributed by atoms with E-state index in [4.69, 9.17) is 0 Å². The number of fused-ring (bicyclic) bond motifs is 1. The lowest BCUT2D eigenvalue weighted by atomic mass is 9.90. The monoisotopic (exact) mass is 358 g/mol. The third-order valence-corrected chi connectivity index (χ3v) is 6.52. The molecule has 5 heteroatoms. The molecule has 0 spiro atoms. The van der Waals surface area contributed by atoms with Gasteiger partial charge in [0.1, 0.15) is 11.9 Å². The maximum absolute atomic E-state index is 13.1. The van der Waals surface area contributed by atoms with Crippen molar-refractivity contribution in [2.24, 2.45) is 17.8 Å². The zero-order chi connectivity index (χ0) is 18.3. The molecule has 3 aliphatic rings. The third-order valence-electron chi connectivity index (χ3n) is 6.52.